The molecular formula is C11H10INO. The van der Waals surface area contributed by atoms with Crippen molar-refractivity contribution in [3.05, 3.63) is 46.3 Å². The first kappa shape index (κ1) is 9.45. The van der Waals surface area contributed by atoms with E-state index in [2.05, 4.69) is 8.09 Å². The number of nitrogens with two attached hydrogens (primary N) is 1. The number of nitrogen functional groups attached to an aromatic ring is 1. The highest BCUT2D eigenvalue weighted by Crippen LogP contribution is 2.18. The Hall–Kier alpha value is -1.10. The lowest BCUT2D eigenvalue weighted by Crippen LogP contribution is -1.94. The third kappa shape index (κ3) is 2.45. The number of hydrogen-bond acceptors (Lipinski definition) is 2. The Bertz CT molecular complexity index is 404. The maximum Gasteiger partial charge on any atom is 0.128 e. The molecule has 2 N–H and O–H groups in total. The minimum Gasteiger partial charge on any atom is -0.457 e. The van der Waals surface area contributed by atoms with Gasteiger partial charge < -0.3 is 10.5 Å². The lowest BCUT2D eigenvalue weighted by atomic mass is 10.3. The number of hydrogen-bond donors (Lipinski definition) is 1. The van der Waals surface area contributed by atoms with Gasteiger partial charge in [0.2, 0.25) is 0 Å². The standard InChI is InChI=1S/C11H10INO/c13-9-1-3-10(4-2-9)14-11-5-7-12-8-6-11/h1-8H,13H2. The summed E-state index contributed by atoms with van der Waals surface area (Å²) >= 11 is 0.124. The predicted molar refractivity (Wildman–Crippen MR) is 68.8 cm³/mol. The quantitative estimate of drug-likeness (QED) is 0.673. The molecule has 2 nitrogen and oxygen atoms in total. The van der Waals surface area contributed by atoms with E-state index in [0.29, 0.717) is 0 Å². The molecule has 1 aromatic rings. The highest BCUT2D eigenvalue weighted by atomic mass is 127. The molecule has 0 amide bonds. The Kier molecular flexibility index (Phi) is 2.98. The molecule has 0 bridgehead atoms. The molecule has 0 atom stereocenters. The molecule has 3 heteroatoms. The highest BCUT2D eigenvalue weighted by Gasteiger charge is 1.97. The largest absolute Gasteiger partial charge is 0.457 e. The summed E-state index contributed by atoms with van der Waals surface area (Å²) < 4.78 is 9.96. The molecule has 0 aromatic heterocycles. The van der Waals surface area contributed by atoms with E-state index >= 15 is 0 Å². The molecule has 0 unspecified atom stereocenters. The lowest BCUT2D eigenvalue weighted by Gasteiger charge is -2.06. The number of rotatable bonds is 2. The maximum absolute atomic E-state index is 5.62. The van der Waals surface area contributed by atoms with Crippen LogP contribution in [0.15, 0.2) is 46.3 Å². The molecule has 0 fully saturated rings. The van der Waals surface area contributed by atoms with Crippen molar-refractivity contribution < 1.29 is 4.74 Å². The first-order chi connectivity index (χ1) is 6.84. The molecule has 1 aliphatic heterocycles. The van der Waals surface area contributed by atoms with Crippen LogP contribution >= 0.6 is 20.7 Å². The minimum absolute atomic E-state index is 0.124. The van der Waals surface area contributed by atoms with Crippen LogP contribution in [0.5, 0.6) is 5.75 Å². The van der Waals surface area contributed by atoms with E-state index < -0.39 is 0 Å². The third-order valence-electron chi connectivity index (χ3n) is 1.72. The molecule has 0 aliphatic carbocycles. The SMILES string of the molecule is Nc1ccc(OC2=CC=IC=C2)cc1. The van der Waals surface area contributed by atoms with Crippen LogP contribution in [0.2, 0.25) is 0 Å². The third-order valence-corrected chi connectivity index (χ3v) is 3.27. The van der Waals surface area contributed by atoms with Gasteiger partial charge in [-0.2, -0.15) is 0 Å². The summed E-state index contributed by atoms with van der Waals surface area (Å²) in [4.78, 5) is 0. The molecular weight excluding hydrogens is 289 g/mol. The Morgan fingerprint density at radius 1 is 1.14 bits per heavy atom. The summed E-state index contributed by atoms with van der Waals surface area (Å²) in [5, 5.41) is 0. The second-order valence-corrected chi connectivity index (χ2v) is 4.94. The Morgan fingerprint density at radius 2 is 1.93 bits per heavy atom. The molecule has 1 aromatic carbocycles. The summed E-state index contributed by atoms with van der Waals surface area (Å²) in [7, 11) is 0. The van der Waals surface area contributed by atoms with Gasteiger partial charge in [0.15, 0.2) is 0 Å². The van der Waals surface area contributed by atoms with Crippen LogP contribution in [0, 0.1) is 0 Å². The Labute approximate surface area is 92.8 Å². The van der Waals surface area contributed by atoms with Crippen LogP contribution in [-0.4, -0.2) is 4.01 Å². The zero-order valence-corrected chi connectivity index (χ0v) is 9.64. The highest BCUT2D eigenvalue weighted by molar-refractivity contribution is 14.2. The van der Waals surface area contributed by atoms with E-state index in [-0.39, 0.29) is 20.7 Å². The average molecular weight is 299 g/mol. The summed E-state index contributed by atoms with van der Waals surface area (Å²) in [6, 6.07) is 7.40. The molecule has 14 heavy (non-hydrogen) atoms. The topological polar surface area (TPSA) is 35.2 Å². The first-order valence-electron chi connectivity index (χ1n) is 4.20. The smallest absolute Gasteiger partial charge is 0.128 e. The number of benzene rings is 1. The molecule has 0 radical (unpaired) electrons. The van der Waals surface area contributed by atoms with Crippen molar-refractivity contribution in [2.75, 3.05) is 5.73 Å². The lowest BCUT2D eigenvalue weighted by molar-refractivity contribution is 0.446. The zero-order valence-electron chi connectivity index (χ0n) is 7.48. The van der Waals surface area contributed by atoms with Crippen LogP contribution in [0.4, 0.5) is 5.69 Å². The summed E-state index contributed by atoms with van der Waals surface area (Å²) in [5.41, 5.74) is 6.33. The van der Waals surface area contributed by atoms with Gasteiger partial charge in [-0.15, -0.1) is 0 Å². The van der Waals surface area contributed by atoms with Gasteiger partial charge in [0.25, 0.3) is 0 Å². The van der Waals surface area contributed by atoms with E-state index in [1.54, 1.807) is 0 Å². The fourth-order valence-corrected chi connectivity index (χ4v) is 2.40. The van der Waals surface area contributed by atoms with E-state index in [1.165, 1.54) is 0 Å². The van der Waals surface area contributed by atoms with Crippen molar-refractivity contribution in [1.82, 2.24) is 0 Å². The van der Waals surface area contributed by atoms with Crippen molar-refractivity contribution in [1.29, 1.82) is 0 Å². The Morgan fingerprint density at radius 3 is 2.57 bits per heavy atom. The fraction of sp³-hybridized carbons (Fsp3) is 0. The van der Waals surface area contributed by atoms with Gasteiger partial charge >= 0.3 is 0 Å². The monoisotopic (exact) mass is 299 g/mol. The first-order valence-corrected chi connectivity index (χ1v) is 6.69. The molecule has 0 spiro atoms. The van der Waals surface area contributed by atoms with E-state index in [4.69, 9.17) is 10.5 Å². The maximum atomic E-state index is 5.62. The average Bonchev–Trinajstić information content (AvgIpc) is 2.23. The number of ether oxygens (including phenoxy) is 1. The molecule has 0 saturated carbocycles. The molecule has 72 valence electrons. The van der Waals surface area contributed by atoms with Crippen LogP contribution < -0.4 is 10.5 Å². The van der Waals surface area contributed by atoms with Gasteiger partial charge in [0.05, 0.1) is 0 Å². The van der Waals surface area contributed by atoms with Crippen molar-refractivity contribution in [2.24, 2.45) is 0 Å². The number of allylic oxidation sites excluding steroid dienone is 2. The molecule has 0 saturated heterocycles. The summed E-state index contributed by atoms with van der Waals surface area (Å²) in [5.74, 6) is 1.71. The van der Waals surface area contributed by atoms with Crippen molar-refractivity contribution in [3.63, 3.8) is 0 Å². The van der Waals surface area contributed by atoms with Crippen LogP contribution in [-0.2, 0) is 0 Å². The second-order valence-electron chi connectivity index (χ2n) is 2.78. The van der Waals surface area contributed by atoms with Crippen molar-refractivity contribution >= 4 is 30.4 Å². The minimum atomic E-state index is 0.124. The fourth-order valence-electron chi connectivity index (χ4n) is 1.03. The van der Waals surface area contributed by atoms with Gasteiger partial charge in [-0.3, -0.25) is 0 Å². The molecule has 1 aliphatic rings. The van der Waals surface area contributed by atoms with E-state index in [1.807, 2.05) is 36.4 Å². The van der Waals surface area contributed by atoms with Crippen LogP contribution in [0.3, 0.4) is 0 Å². The van der Waals surface area contributed by atoms with E-state index in [9.17, 15) is 0 Å². The normalized spacial score (nSPS) is 14.4. The van der Waals surface area contributed by atoms with Gasteiger partial charge in [0, 0.05) is 5.69 Å². The second kappa shape index (κ2) is 4.41. The summed E-state index contributed by atoms with van der Waals surface area (Å²) in [6.07, 6.45) is 4.03. The van der Waals surface area contributed by atoms with Gasteiger partial charge in [0.1, 0.15) is 11.5 Å². The van der Waals surface area contributed by atoms with Crippen molar-refractivity contribution in [3.8, 4) is 5.75 Å². The summed E-state index contributed by atoms with van der Waals surface area (Å²) in [6.45, 7) is 0. The molecule has 1 heterocycles. The van der Waals surface area contributed by atoms with E-state index in [0.717, 1.165) is 17.2 Å². The number of anilines is 1. The van der Waals surface area contributed by atoms with Crippen LogP contribution in [0.25, 0.3) is 0 Å². The predicted octanol–water partition coefficient (Wildman–Crippen LogP) is 2.83. The van der Waals surface area contributed by atoms with Crippen molar-refractivity contribution in [2.45, 2.75) is 0 Å². The number of halogens is 1. The Balaban J connectivity index is 2.11. The van der Waals surface area contributed by atoms with Gasteiger partial charge in [-0.1, -0.05) is 20.7 Å². The molecule has 2 rings (SSSR count). The van der Waals surface area contributed by atoms with Crippen LogP contribution in [0.1, 0.15) is 0 Å². The zero-order chi connectivity index (χ0) is 9.80. The van der Waals surface area contributed by atoms with Gasteiger partial charge in [-0.05, 0) is 44.5 Å². The van der Waals surface area contributed by atoms with Gasteiger partial charge in [-0.25, -0.2) is 0 Å².